The fourth-order valence-corrected chi connectivity index (χ4v) is 6.80. The number of rotatable bonds is 24. The first-order valence-electron chi connectivity index (χ1n) is 19.1. The SMILES string of the molecule is C#CC#CC#CC#CC#CC#CC#CC#CC(=O)OC[C@H](COP(=O)(O)OC1C(O)[C@H](O)C(OP(=O)(O)O)C(O)[C@@H]1O)OC(=O)CCCCCCCCCCCCCCC.N.[HH].[HH].[HH].[HH].[HH].[HH].[HH].[HH].[HH].[HH].[HH].[HH].[HH].[HH].[HH]. The number of carbonyl (C=O) groups is 2. The first-order valence-corrected chi connectivity index (χ1v) is 22.1. The van der Waals surface area contributed by atoms with Crippen LogP contribution in [-0.2, 0) is 41.8 Å². The molecule has 8 atom stereocenters. The molecule has 19 heteroatoms. The largest absolute Gasteiger partial charge is 0.472 e. The zero-order chi connectivity index (χ0) is 44.7. The molecular weight excluding hydrogens is 836 g/mol. The Labute approximate surface area is 380 Å². The van der Waals surface area contributed by atoms with Crippen molar-refractivity contribution in [2.75, 3.05) is 13.2 Å². The highest BCUT2D eigenvalue weighted by molar-refractivity contribution is 7.47. The van der Waals surface area contributed by atoms with Crippen molar-refractivity contribution in [3.63, 3.8) is 0 Å². The smallest absolute Gasteiger partial charge is 0.456 e. The fraction of sp³-hybridized carbons (Fsp3) is 0.571. The molecule has 1 rings (SSSR count). The van der Waals surface area contributed by atoms with Crippen LogP contribution in [0.3, 0.4) is 0 Å². The highest BCUT2D eigenvalue weighted by Crippen LogP contribution is 2.48. The molecule has 1 fully saturated rings. The third-order valence-electron chi connectivity index (χ3n) is 8.15. The molecular formula is C42H83NO16P2. The van der Waals surface area contributed by atoms with Gasteiger partial charge in [-0.25, -0.2) is 13.9 Å². The number of ether oxygens (including phenoxy) is 2. The molecule has 61 heavy (non-hydrogen) atoms. The average Bonchev–Trinajstić information content (AvgIpc) is 3.20. The van der Waals surface area contributed by atoms with Crippen molar-refractivity contribution in [1.29, 1.82) is 0 Å². The van der Waals surface area contributed by atoms with Crippen LogP contribution < -0.4 is 6.15 Å². The molecule has 0 aromatic carbocycles. The van der Waals surface area contributed by atoms with Gasteiger partial charge in [-0.1, -0.05) is 84.0 Å². The van der Waals surface area contributed by atoms with Crippen molar-refractivity contribution in [3.05, 3.63) is 0 Å². The average molecular weight is 920 g/mol. The van der Waals surface area contributed by atoms with Crippen LogP contribution in [0.5, 0.6) is 0 Å². The van der Waals surface area contributed by atoms with E-state index in [-0.39, 0.29) is 34.0 Å². The predicted molar refractivity (Wildman–Crippen MR) is 253 cm³/mol. The minimum Gasteiger partial charge on any atom is -0.456 e. The first kappa shape index (κ1) is 56.4. The number of aliphatic hydroxyl groups excluding tert-OH is 4. The number of carbonyl (C=O) groups excluding carboxylic acids is 2. The summed E-state index contributed by atoms with van der Waals surface area (Å²) in [5, 5.41) is 41.2. The van der Waals surface area contributed by atoms with Crippen molar-refractivity contribution < 1.29 is 98.3 Å². The third kappa shape index (κ3) is 27.8. The van der Waals surface area contributed by atoms with Gasteiger partial charge in [0.25, 0.3) is 0 Å². The van der Waals surface area contributed by atoms with Crippen molar-refractivity contribution >= 4 is 27.6 Å². The van der Waals surface area contributed by atoms with Gasteiger partial charge in [0.2, 0.25) is 0 Å². The molecule has 1 saturated carbocycles. The Morgan fingerprint density at radius 3 is 1.43 bits per heavy atom. The number of esters is 2. The molecule has 0 aliphatic heterocycles. The van der Waals surface area contributed by atoms with E-state index < -0.39 is 83.5 Å². The van der Waals surface area contributed by atoms with Crippen LogP contribution in [0, 0.1) is 95.2 Å². The number of phosphoric ester groups is 2. The number of hydrogen-bond donors (Lipinski definition) is 8. The molecule has 5 unspecified atom stereocenters. The molecule has 0 aromatic heterocycles. The summed E-state index contributed by atoms with van der Waals surface area (Å²) in [6, 6.07) is 0. The second-order valence-corrected chi connectivity index (χ2v) is 15.6. The molecule has 0 spiro atoms. The summed E-state index contributed by atoms with van der Waals surface area (Å²) in [5.41, 5.74) is 0. The van der Waals surface area contributed by atoms with E-state index in [1.165, 1.54) is 44.9 Å². The monoisotopic (exact) mass is 920 g/mol. The Morgan fingerprint density at radius 2 is 1.00 bits per heavy atom. The van der Waals surface area contributed by atoms with Gasteiger partial charge >= 0.3 is 27.6 Å². The third-order valence-corrected chi connectivity index (χ3v) is 9.66. The maximum Gasteiger partial charge on any atom is 0.472 e. The molecule has 1 aliphatic carbocycles. The van der Waals surface area contributed by atoms with Gasteiger partial charge in [0.1, 0.15) is 43.2 Å². The summed E-state index contributed by atoms with van der Waals surface area (Å²) in [7, 11) is -10.7. The Hall–Kier alpha value is -4.56. The van der Waals surface area contributed by atoms with E-state index in [0.717, 1.165) is 32.1 Å². The van der Waals surface area contributed by atoms with Gasteiger partial charge in [-0.3, -0.25) is 18.4 Å². The van der Waals surface area contributed by atoms with Crippen molar-refractivity contribution in [2.45, 2.75) is 140 Å². The van der Waals surface area contributed by atoms with E-state index in [0.29, 0.717) is 6.42 Å². The van der Waals surface area contributed by atoms with E-state index in [2.05, 4.69) is 100 Å². The molecule has 0 radical (unpaired) electrons. The maximum atomic E-state index is 12.8. The van der Waals surface area contributed by atoms with Crippen molar-refractivity contribution in [1.82, 2.24) is 6.15 Å². The summed E-state index contributed by atoms with van der Waals surface area (Å²) in [6.07, 6.45) is 3.79. The molecule has 0 amide bonds. The Kier molecular flexibility index (Phi) is 30.6. The zero-order valence-corrected chi connectivity index (χ0v) is 35.6. The lowest BCUT2D eigenvalue weighted by atomic mass is 9.85. The van der Waals surface area contributed by atoms with E-state index in [1.54, 1.807) is 0 Å². The van der Waals surface area contributed by atoms with Crippen LogP contribution in [0.4, 0.5) is 0 Å². The minimum atomic E-state index is -5.35. The second kappa shape index (κ2) is 33.1. The van der Waals surface area contributed by atoms with Crippen LogP contribution >= 0.6 is 15.6 Å². The van der Waals surface area contributed by atoms with Gasteiger partial charge < -0.3 is 50.7 Å². The quantitative estimate of drug-likeness (QED) is 0.0185. The van der Waals surface area contributed by atoms with Crippen LogP contribution in [-0.4, -0.2) is 103 Å². The lowest BCUT2D eigenvalue weighted by Gasteiger charge is -2.43. The van der Waals surface area contributed by atoms with Crippen molar-refractivity contribution in [3.8, 4) is 95.2 Å². The van der Waals surface area contributed by atoms with Gasteiger partial charge in [0.05, 0.1) is 6.61 Å². The van der Waals surface area contributed by atoms with E-state index >= 15 is 0 Å². The molecule has 0 aromatic rings. The summed E-state index contributed by atoms with van der Waals surface area (Å²) in [6.45, 7) is 0.522. The number of aliphatic hydroxyl groups is 4. The Morgan fingerprint density at radius 1 is 0.607 bits per heavy atom. The number of unbranched alkanes of at least 4 members (excludes halogenated alkanes) is 12. The summed E-state index contributed by atoms with van der Waals surface area (Å²) < 4.78 is 48.3. The normalized spacial score (nSPS) is 20.0. The first-order chi connectivity index (χ1) is 28.6. The second-order valence-electron chi connectivity index (χ2n) is 13.0. The van der Waals surface area contributed by atoms with E-state index in [4.69, 9.17) is 34.7 Å². The highest BCUT2D eigenvalue weighted by atomic mass is 31.2. The van der Waals surface area contributed by atoms with Gasteiger partial charge in [-0.15, -0.1) is 6.42 Å². The molecule has 10 N–H and O–H groups in total. The highest BCUT2D eigenvalue weighted by Gasteiger charge is 2.54. The standard InChI is InChI=1S/C42H50O16P2.H3N.15H2/c1-3-5-7-9-11-13-15-17-19-20-22-24-26-28-30-35(43)54-32-34(56-36(44)31-29-27-25-23-21-18-16-14-12-10-8-6-4-2)33-55-60(52,53)58-42-39(47)37(45)41(38(46)40(42)48)57-59(49,50)51;;;;;;;;;;;;;;;;/h1,34,37-42,45-48H,4,6,8,10,12,14,16,18,21,23,25,27,29,31-33H2,2H3,(H,52,53)(H2,49,50,51);1H3;15*1H/t34-,37+,38?,39?,40+,41?,42?;;;;;;;;;;;;;;;;/m1................/s1. The van der Waals surface area contributed by atoms with Crippen LogP contribution in [0.1, 0.15) is 118 Å². The maximum absolute atomic E-state index is 12.8. The zero-order valence-electron chi connectivity index (χ0n) is 33.8. The van der Waals surface area contributed by atoms with Gasteiger partial charge in [-0.05, 0) is 89.3 Å². The Bertz CT molecular complexity index is 2020. The molecule has 0 bridgehead atoms. The van der Waals surface area contributed by atoms with Crippen LogP contribution in [0.15, 0.2) is 0 Å². The lowest BCUT2D eigenvalue weighted by Crippen LogP contribution is -2.64. The van der Waals surface area contributed by atoms with E-state index in [9.17, 15) is 44.0 Å². The number of hydrogen-bond acceptors (Lipinski definition) is 14. The van der Waals surface area contributed by atoms with E-state index in [1.807, 2.05) is 0 Å². The summed E-state index contributed by atoms with van der Waals surface area (Å²) in [5.74, 6) is 32.9. The number of terminal acetylenes is 1. The minimum absolute atomic E-state index is 0. The summed E-state index contributed by atoms with van der Waals surface area (Å²) in [4.78, 5) is 53.3. The van der Waals surface area contributed by atoms with Crippen LogP contribution in [0.25, 0.3) is 0 Å². The molecule has 1 aliphatic rings. The predicted octanol–water partition coefficient (Wildman–Crippen LogP) is 5.87. The Balaban J connectivity index is -0.000000161. The number of phosphoric acid groups is 2. The molecule has 0 saturated heterocycles. The van der Waals surface area contributed by atoms with Gasteiger partial charge in [0, 0.05) is 33.7 Å². The van der Waals surface area contributed by atoms with Gasteiger partial charge in [0.15, 0.2) is 6.10 Å². The topological polar surface area (TPSA) is 291 Å². The summed E-state index contributed by atoms with van der Waals surface area (Å²) >= 11 is 0. The molecule has 17 nitrogen and oxygen atoms in total. The van der Waals surface area contributed by atoms with Crippen molar-refractivity contribution in [2.24, 2.45) is 0 Å². The molecule has 0 heterocycles. The van der Waals surface area contributed by atoms with Crippen LogP contribution in [0.2, 0.25) is 0 Å². The lowest BCUT2D eigenvalue weighted by molar-refractivity contribution is -0.216. The van der Waals surface area contributed by atoms with Gasteiger partial charge in [-0.2, -0.15) is 0 Å². The molecule has 362 valence electrons. The fourth-order valence-electron chi connectivity index (χ4n) is 5.27.